The standard InChI is InChI=1S/C12H15NO4/c1-7-4-8(10-6-17-3-2-13-10)11(14)9(5-7)12(15)16/h4-5,10,13-14H,2-3,6H2,1H3,(H,15,16)/t10-/m0/s1. The van der Waals surface area contributed by atoms with E-state index >= 15 is 0 Å². The average Bonchev–Trinajstić information content (AvgIpc) is 2.32. The maximum Gasteiger partial charge on any atom is 0.339 e. The lowest BCUT2D eigenvalue weighted by molar-refractivity contribution is 0.0687. The summed E-state index contributed by atoms with van der Waals surface area (Å²) in [6.45, 7) is 3.57. The Hall–Kier alpha value is -1.59. The van der Waals surface area contributed by atoms with E-state index in [9.17, 15) is 9.90 Å². The molecule has 0 amide bonds. The first-order valence-corrected chi connectivity index (χ1v) is 5.47. The van der Waals surface area contributed by atoms with Crippen molar-refractivity contribution in [3.05, 3.63) is 28.8 Å². The van der Waals surface area contributed by atoms with Gasteiger partial charge in [0, 0.05) is 12.1 Å². The molecule has 1 saturated heterocycles. The predicted molar refractivity (Wildman–Crippen MR) is 61.4 cm³/mol. The molecular weight excluding hydrogens is 222 g/mol. The highest BCUT2D eigenvalue weighted by Crippen LogP contribution is 2.30. The Labute approximate surface area is 99.0 Å². The van der Waals surface area contributed by atoms with Crippen LogP contribution in [0.25, 0.3) is 0 Å². The first-order valence-electron chi connectivity index (χ1n) is 5.47. The summed E-state index contributed by atoms with van der Waals surface area (Å²) in [5, 5.41) is 22.2. The van der Waals surface area contributed by atoms with E-state index in [4.69, 9.17) is 9.84 Å². The van der Waals surface area contributed by atoms with Crippen molar-refractivity contribution in [2.75, 3.05) is 19.8 Å². The highest BCUT2D eigenvalue weighted by atomic mass is 16.5. The van der Waals surface area contributed by atoms with Crippen LogP contribution in [0.1, 0.15) is 27.5 Å². The van der Waals surface area contributed by atoms with Crippen molar-refractivity contribution in [3.8, 4) is 5.75 Å². The van der Waals surface area contributed by atoms with Crippen LogP contribution >= 0.6 is 0 Å². The van der Waals surface area contributed by atoms with E-state index < -0.39 is 5.97 Å². The summed E-state index contributed by atoms with van der Waals surface area (Å²) in [6, 6.07) is 3.10. The zero-order valence-corrected chi connectivity index (χ0v) is 9.56. The van der Waals surface area contributed by atoms with Gasteiger partial charge in [-0.3, -0.25) is 0 Å². The normalized spacial score (nSPS) is 20.2. The number of carbonyl (C=O) groups is 1. The Morgan fingerprint density at radius 2 is 2.29 bits per heavy atom. The number of morpholine rings is 1. The molecule has 2 rings (SSSR count). The fourth-order valence-corrected chi connectivity index (χ4v) is 2.00. The molecule has 3 N–H and O–H groups in total. The van der Waals surface area contributed by atoms with Gasteiger partial charge >= 0.3 is 5.97 Å². The van der Waals surface area contributed by atoms with Crippen LogP contribution in [0, 0.1) is 6.92 Å². The van der Waals surface area contributed by atoms with Crippen molar-refractivity contribution in [1.29, 1.82) is 0 Å². The van der Waals surface area contributed by atoms with Crippen LogP contribution in [0.5, 0.6) is 5.75 Å². The second-order valence-corrected chi connectivity index (χ2v) is 4.14. The van der Waals surface area contributed by atoms with Crippen LogP contribution in [0.3, 0.4) is 0 Å². The summed E-state index contributed by atoms with van der Waals surface area (Å²) in [7, 11) is 0. The smallest absolute Gasteiger partial charge is 0.339 e. The number of benzene rings is 1. The number of ether oxygens (including phenoxy) is 1. The number of aromatic carboxylic acids is 1. The van der Waals surface area contributed by atoms with Crippen molar-refractivity contribution in [1.82, 2.24) is 5.32 Å². The average molecular weight is 237 g/mol. The van der Waals surface area contributed by atoms with Gasteiger partial charge < -0.3 is 20.3 Å². The number of hydrogen-bond donors (Lipinski definition) is 3. The molecule has 92 valence electrons. The summed E-state index contributed by atoms with van der Waals surface area (Å²) in [4.78, 5) is 11.0. The molecule has 1 aromatic carbocycles. The lowest BCUT2D eigenvalue weighted by atomic mass is 9.99. The molecule has 0 spiro atoms. The molecular formula is C12H15NO4. The number of phenols is 1. The van der Waals surface area contributed by atoms with E-state index in [1.54, 1.807) is 13.0 Å². The maximum absolute atomic E-state index is 11.0. The molecule has 17 heavy (non-hydrogen) atoms. The first kappa shape index (κ1) is 11.9. The van der Waals surface area contributed by atoms with Gasteiger partial charge in [-0.2, -0.15) is 0 Å². The molecule has 1 aliphatic rings. The monoisotopic (exact) mass is 237 g/mol. The van der Waals surface area contributed by atoms with E-state index in [1.807, 2.05) is 0 Å². The quantitative estimate of drug-likeness (QED) is 0.716. The highest BCUT2D eigenvalue weighted by molar-refractivity contribution is 5.91. The largest absolute Gasteiger partial charge is 0.507 e. The molecule has 1 heterocycles. The van der Waals surface area contributed by atoms with Crippen molar-refractivity contribution in [2.45, 2.75) is 13.0 Å². The molecule has 0 unspecified atom stereocenters. The van der Waals surface area contributed by atoms with Gasteiger partial charge in [-0.05, 0) is 18.6 Å². The Kier molecular flexibility index (Phi) is 3.31. The lowest BCUT2D eigenvalue weighted by Crippen LogP contribution is -2.34. The van der Waals surface area contributed by atoms with Crippen LogP contribution in [-0.2, 0) is 4.74 Å². The molecule has 0 saturated carbocycles. The van der Waals surface area contributed by atoms with E-state index in [2.05, 4.69) is 5.32 Å². The first-order chi connectivity index (χ1) is 8.09. The lowest BCUT2D eigenvalue weighted by Gasteiger charge is -2.25. The number of aryl methyl sites for hydroxylation is 1. The molecule has 1 aromatic rings. The molecule has 0 bridgehead atoms. The number of rotatable bonds is 2. The van der Waals surface area contributed by atoms with Crippen molar-refractivity contribution >= 4 is 5.97 Å². The number of carboxylic acid groups (broad SMARTS) is 1. The van der Waals surface area contributed by atoms with Crippen LogP contribution in [0.15, 0.2) is 12.1 Å². The second-order valence-electron chi connectivity index (χ2n) is 4.14. The third-order valence-corrected chi connectivity index (χ3v) is 2.81. The van der Waals surface area contributed by atoms with Gasteiger partial charge in [0.25, 0.3) is 0 Å². The molecule has 1 aliphatic heterocycles. The molecule has 0 radical (unpaired) electrons. The third kappa shape index (κ3) is 2.40. The SMILES string of the molecule is Cc1cc(C(=O)O)c(O)c([C@@H]2COCCN2)c1. The Bertz CT molecular complexity index is 438. The molecule has 5 heteroatoms. The van der Waals surface area contributed by atoms with Crippen LogP contribution < -0.4 is 5.32 Å². The van der Waals surface area contributed by atoms with Crippen LogP contribution in [0.4, 0.5) is 0 Å². The fraction of sp³-hybridized carbons (Fsp3) is 0.417. The minimum atomic E-state index is -1.12. The summed E-state index contributed by atoms with van der Waals surface area (Å²) in [5.74, 6) is -1.30. The van der Waals surface area contributed by atoms with E-state index in [-0.39, 0.29) is 17.4 Å². The zero-order valence-electron chi connectivity index (χ0n) is 9.56. The summed E-state index contributed by atoms with van der Waals surface area (Å²) < 4.78 is 5.31. The van der Waals surface area contributed by atoms with Crippen molar-refractivity contribution < 1.29 is 19.7 Å². The van der Waals surface area contributed by atoms with Gasteiger partial charge in [0.2, 0.25) is 0 Å². The zero-order chi connectivity index (χ0) is 12.4. The molecule has 0 aliphatic carbocycles. The van der Waals surface area contributed by atoms with Crippen LogP contribution in [0.2, 0.25) is 0 Å². The predicted octanol–water partition coefficient (Wildman–Crippen LogP) is 1.06. The summed E-state index contributed by atoms with van der Waals surface area (Å²) in [5.41, 5.74) is 1.33. The van der Waals surface area contributed by atoms with Gasteiger partial charge in [0.15, 0.2) is 0 Å². The van der Waals surface area contributed by atoms with Crippen LogP contribution in [-0.4, -0.2) is 35.9 Å². The fourth-order valence-electron chi connectivity index (χ4n) is 2.00. The summed E-state index contributed by atoms with van der Waals surface area (Å²) in [6.07, 6.45) is 0. The van der Waals surface area contributed by atoms with E-state index in [1.165, 1.54) is 6.07 Å². The van der Waals surface area contributed by atoms with Crippen molar-refractivity contribution in [2.24, 2.45) is 0 Å². The minimum Gasteiger partial charge on any atom is -0.507 e. The minimum absolute atomic E-state index is 0.0626. The van der Waals surface area contributed by atoms with Gasteiger partial charge in [-0.25, -0.2) is 4.79 Å². The number of carboxylic acids is 1. The molecule has 1 atom stereocenters. The summed E-state index contributed by atoms with van der Waals surface area (Å²) >= 11 is 0. The second kappa shape index (κ2) is 4.73. The van der Waals surface area contributed by atoms with Gasteiger partial charge in [0.1, 0.15) is 11.3 Å². The number of nitrogens with one attached hydrogen (secondary N) is 1. The number of hydrogen-bond acceptors (Lipinski definition) is 4. The maximum atomic E-state index is 11.0. The van der Waals surface area contributed by atoms with Gasteiger partial charge in [0.05, 0.1) is 19.3 Å². The molecule has 0 aromatic heterocycles. The highest BCUT2D eigenvalue weighted by Gasteiger charge is 2.22. The van der Waals surface area contributed by atoms with Gasteiger partial charge in [-0.15, -0.1) is 0 Å². The topological polar surface area (TPSA) is 78.8 Å². The third-order valence-electron chi connectivity index (χ3n) is 2.81. The molecule has 5 nitrogen and oxygen atoms in total. The Balaban J connectivity index is 2.41. The Morgan fingerprint density at radius 1 is 1.53 bits per heavy atom. The number of aromatic hydroxyl groups is 1. The van der Waals surface area contributed by atoms with Gasteiger partial charge in [-0.1, -0.05) is 6.07 Å². The Morgan fingerprint density at radius 3 is 2.88 bits per heavy atom. The molecule has 1 fully saturated rings. The van der Waals surface area contributed by atoms with E-state index in [0.29, 0.717) is 25.3 Å². The van der Waals surface area contributed by atoms with E-state index in [0.717, 1.165) is 5.56 Å². The van der Waals surface area contributed by atoms with Crippen molar-refractivity contribution in [3.63, 3.8) is 0 Å².